The fourth-order valence-corrected chi connectivity index (χ4v) is 0.899. The first-order valence-electron chi connectivity index (χ1n) is 4.03. The molecule has 0 aromatic rings. The quantitative estimate of drug-likeness (QED) is 0.356. The number of carbonyl (C=O) groups is 1. The summed E-state index contributed by atoms with van der Waals surface area (Å²) in [5.74, 6) is -0.643. The van der Waals surface area contributed by atoms with Crippen molar-refractivity contribution in [2.75, 3.05) is 13.7 Å². The summed E-state index contributed by atoms with van der Waals surface area (Å²) in [6.45, 7) is 0.209. The Balaban J connectivity index is 3.53. The van der Waals surface area contributed by atoms with Crippen LogP contribution in [0.25, 0.3) is 0 Å². The minimum absolute atomic E-state index is 0.209. The van der Waals surface area contributed by atoms with Gasteiger partial charge in [-0.15, -0.1) is 14.5 Å². The van der Waals surface area contributed by atoms with Gasteiger partial charge in [0.1, 0.15) is 6.04 Å². The highest BCUT2D eigenvalue weighted by atomic mass is 19.2. The molecule has 0 saturated carbocycles. The minimum Gasteiger partial charge on any atom is -0.468 e. The highest BCUT2D eigenvalue weighted by Crippen LogP contribution is 2.02. The number of ether oxygens (including phenoxy) is 1. The zero-order chi connectivity index (χ0) is 10.1. The van der Waals surface area contributed by atoms with Crippen molar-refractivity contribution in [3.05, 3.63) is 0 Å². The van der Waals surface area contributed by atoms with Crippen LogP contribution in [0.4, 0.5) is 8.96 Å². The average Bonchev–Trinajstić information content (AvgIpc) is 2.17. The fourth-order valence-electron chi connectivity index (χ4n) is 0.899. The molecule has 2 N–H and O–H groups in total. The SMILES string of the molecule is COC(=O)C(CCCCNF)NF. The van der Waals surface area contributed by atoms with E-state index in [9.17, 15) is 13.8 Å². The predicted molar refractivity (Wildman–Crippen MR) is 43.0 cm³/mol. The maximum Gasteiger partial charge on any atom is 0.325 e. The largest absolute Gasteiger partial charge is 0.468 e. The summed E-state index contributed by atoms with van der Waals surface area (Å²) in [5.41, 5.74) is 2.81. The molecule has 1 unspecified atom stereocenters. The summed E-state index contributed by atoms with van der Waals surface area (Å²) in [7, 11) is 1.19. The molecule has 4 nitrogen and oxygen atoms in total. The Kier molecular flexibility index (Phi) is 7.42. The summed E-state index contributed by atoms with van der Waals surface area (Å²) in [5, 5.41) is 0. The monoisotopic (exact) mass is 196 g/mol. The second kappa shape index (κ2) is 7.88. The lowest BCUT2D eigenvalue weighted by molar-refractivity contribution is -0.144. The van der Waals surface area contributed by atoms with Crippen molar-refractivity contribution in [1.29, 1.82) is 0 Å². The Hall–Kier alpha value is -0.750. The molecule has 1 atom stereocenters. The third-order valence-electron chi connectivity index (χ3n) is 1.63. The van der Waals surface area contributed by atoms with Crippen molar-refractivity contribution in [1.82, 2.24) is 11.1 Å². The van der Waals surface area contributed by atoms with E-state index in [0.29, 0.717) is 19.3 Å². The van der Waals surface area contributed by atoms with E-state index in [1.807, 2.05) is 0 Å². The van der Waals surface area contributed by atoms with Crippen molar-refractivity contribution in [3.8, 4) is 0 Å². The molecule has 0 heterocycles. The van der Waals surface area contributed by atoms with Gasteiger partial charge < -0.3 is 4.74 Å². The van der Waals surface area contributed by atoms with Gasteiger partial charge in [0.15, 0.2) is 0 Å². The smallest absolute Gasteiger partial charge is 0.325 e. The lowest BCUT2D eigenvalue weighted by Gasteiger charge is -2.10. The standard InChI is InChI=1S/C7H14F2N2O2/c1-13-7(12)6(11-9)4-2-3-5-10-8/h6,10-11H,2-5H2,1H3. The van der Waals surface area contributed by atoms with E-state index in [2.05, 4.69) is 4.74 Å². The van der Waals surface area contributed by atoms with Crippen molar-refractivity contribution in [2.24, 2.45) is 0 Å². The summed E-state index contributed by atoms with van der Waals surface area (Å²) < 4.78 is 27.7. The van der Waals surface area contributed by atoms with Crippen molar-refractivity contribution in [3.63, 3.8) is 0 Å². The lowest BCUT2D eigenvalue weighted by atomic mass is 10.1. The fraction of sp³-hybridized carbons (Fsp3) is 0.857. The van der Waals surface area contributed by atoms with E-state index in [1.54, 1.807) is 0 Å². The topological polar surface area (TPSA) is 50.4 Å². The van der Waals surface area contributed by atoms with Crippen LogP contribution in [0.2, 0.25) is 0 Å². The molecule has 0 aromatic carbocycles. The molecular weight excluding hydrogens is 182 g/mol. The van der Waals surface area contributed by atoms with Crippen LogP contribution in [0.5, 0.6) is 0 Å². The number of carbonyl (C=O) groups excluding carboxylic acids is 1. The van der Waals surface area contributed by atoms with Crippen LogP contribution in [-0.2, 0) is 9.53 Å². The molecule has 0 aliphatic rings. The number of esters is 1. The molecule has 0 aliphatic carbocycles. The predicted octanol–water partition coefficient (Wildman–Crippen LogP) is 0.646. The Morgan fingerprint density at radius 3 is 2.62 bits per heavy atom. The number of hydrogen-bond donors (Lipinski definition) is 2. The first-order chi connectivity index (χ1) is 6.26. The van der Waals surface area contributed by atoms with Gasteiger partial charge in [-0.1, -0.05) is 0 Å². The van der Waals surface area contributed by atoms with Gasteiger partial charge in [-0.2, -0.15) is 5.54 Å². The number of halogens is 2. The van der Waals surface area contributed by atoms with Crippen LogP contribution in [0.15, 0.2) is 0 Å². The van der Waals surface area contributed by atoms with Crippen LogP contribution < -0.4 is 11.1 Å². The zero-order valence-electron chi connectivity index (χ0n) is 7.48. The highest BCUT2D eigenvalue weighted by molar-refractivity contribution is 5.75. The number of nitrogens with one attached hydrogen (secondary N) is 2. The molecule has 0 spiro atoms. The Morgan fingerprint density at radius 2 is 2.15 bits per heavy atom. The van der Waals surface area contributed by atoms with Gasteiger partial charge in [-0.05, 0) is 19.3 Å². The molecule has 13 heavy (non-hydrogen) atoms. The molecule has 0 fully saturated rings. The third kappa shape index (κ3) is 5.48. The highest BCUT2D eigenvalue weighted by Gasteiger charge is 2.17. The van der Waals surface area contributed by atoms with E-state index in [0.717, 1.165) is 0 Å². The molecule has 0 aliphatic heterocycles. The zero-order valence-corrected chi connectivity index (χ0v) is 7.48. The van der Waals surface area contributed by atoms with Gasteiger partial charge >= 0.3 is 5.97 Å². The van der Waals surface area contributed by atoms with E-state index in [1.165, 1.54) is 18.2 Å². The second-order valence-corrected chi connectivity index (χ2v) is 2.56. The van der Waals surface area contributed by atoms with E-state index in [-0.39, 0.29) is 6.54 Å². The molecule has 0 aromatic heterocycles. The first kappa shape index (κ1) is 12.2. The minimum atomic E-state index is -0.940. The van der Waals surface area contributed by atoms with E-state index in [4.69, 9.17) is 0 Å². The molecule has 0 saturated heterocycles. The molecule has 0 rings (SSSR count). The Morgan fingerprint density at radius 1 is 1.46 bits per heavy atom. The van der Waals surface area contributed by atoms with E-state index < -0.39 is 12.0 Å². The van der Waals surface area contributed by atoms with E-state index >= 15 is 0 Å². The molecule has 78 valence electrons. The van der Waals surface area contributed by atoms with Gasteiger partial charge in [0, 0.05) is 6.54 Å². The number of hydrogen-bond acceptors (Lipinski definition) is 4. The van der Waals surface area contributed by atoms with Crippen LogP contribution in [0, 0.1) is 0 Å². The summed E-state index contributed by atoms with van der Waals surface area (Å²) >= 11 is 0. The van der Waals surface area contributed by atoms with Gasteiger partial charge in [-0.3, -0.25) is 4.79 Å². The molecule has 0 radical (unpaired) electrons. The van der Waals surface area contributed by atoms with Crippen LogP contribution >= 0.6 is 0 Å². The van der Waals surface area contributed by atoms with Gasteiger partial charge in [0.25, 0.3) is 0 Å². The lowest BCUT2D eigenvalue weighted by Crippen LogP contribution is -2.32. The maximum atomic E-state index is 12.0. The third-order valence-corrected chi connectivity index (χ3v) is 1.63. The van der Waals surface area contributed by atoms with Crippen LogP contribution in [0.3, 0.4) is 0 Å². The van der Waals surface area contributed by atoms with Crippen LogP contribution in [0.1, 0.15) is 19.3 Å². The number of methoxy groups -OCH3 is 1. The number of unbranched alkanes of at least 4 members (excludes halogenated alkanes) is 1. The normalized spacial score (nSPS) is 12.5. The van der Waals surface area contributed by atoms with Crippen molar-refractivity contribution < 1.29 is 18.5 Å². The Labute approximate surface area is 75.5 Å². The molecular formula is C7H14F2N2O2. The first-order valence-corrected chi connectivity index (χ1v) is 4.03. The maximum absolute atomic E-state index is 12.0. The molecule has 0 amide bonds. The van der Waals surface area contributed by atoms with Gasteiger partial charge in [0.2, 0.25) is 0 Å². The molecule has 0 bridgehead atoms. The van der Waals surface area contributed by atoms with Gasteiger partial charge in [-0.25, -0.2) is 0 Å². The summed E-state index contributed by atoms with van der Waals surface area (Å²) in [6.07, 6.45) is 1.39. The summed E-state index contributed by atoms with van der Waals surface area (Å²) in [4.78, 5) is 10.8. The van der Waals surface area contributed by atoms with Crippen molar-refractivity contribution >= 4 is 5.97 Å². The summed E-state index contributed by atoms with van der Waals surface area (Å²) in [6, 6.07) is -0.940. The molecule has 6 heteroatoms. The average molecular weight is 196 g/mol. The number of rotatable bonds is 7. The Bertz CT molecular complexity index is 146. The second-order valence-electron chi connectivity index (χ2n) is 2.56. The van der Waals surface area contributed by atoms with Gasteiger partial charge in [0.05, 0.1) is 7.11 Å². The van der Waals surface area contributed by atoms with Crippen LogP contribution in [-0.4, -0.2) is 25.7 Å². The van der Waals surface area contributed by atoms with Crippen molar-refractivity contribution in [2.45, 2.75) is 25.3 Å².